The van der Waals surface area contributed by atoms with Gasteiger partial charge in [-0.1, -0.05) is 30.3 Å². The molecule has 2 aromatic carbocycles. The predicted molar refractivity (Wildman–Crippen MR) is 111 cm³/mol. The lowest BCUT2D eigenvalue weighted by atomic mass is 10.0. The van der Waals surface area contributed by atoms with Crippen LogP contribution in [0.15, 0.2) is 71.4 Å². The summed E-state index contributed by atoms with van der Waals surface area (Å²) in [7, 11) is 2.57. The number of carbonyl (C=O) groups is 3. The van der Waals surface area contributed by atoms with Crippen molar-refractivity contribution in [1.29, 1.82) is 0 Å². The highest BCUT2D eigenvalue weighted by molar-refractivity contribution is 6.23. The van der Waals surface area contributed by atoms with Gasteiger partial charge < -0.3 is 14.2 Å². The Labute approximate surface area is 174 Å². The maximum Gasteiger partial charge on any atom is 0.343 e. The Kier molecular flexibility index (Phi) is 6.32. The molecule has 1 aliphatic heterocycles. The molecule has 154 valence electrons. The summed E-state index contributed by atoms with van der Waals surface area (Å²) >= 11 is 0. The fourth-order valence-corrected chi connectivity index (χ4v) is 3.10. The Balaban J connectivity index is 1.93. The molecule has 1 amide bonds. The van der Waals surface area contributed by atoms with Gasteiger partial charge in [0, 0.05) is 11.4 Å². The minimum absolute atomic E-state index is 0.199. The van der Waals surface area contributed by atoms with Gasteiger partial charge in [-0.15, -0.1) is 0 Å². The standard InChI is InChI=1S/C23H21NO6/c1-15-21(23(27)29-3)19(22(26)24(15)17-7-5-4-6-8-17)13-16-9-11-18(12-10-16)30-14-20(25)28-2/h4-13H,14H2,1-3H3/b19-13-. The molecule has 3 rings (SSSR count). The summed E-state index contributed by atoms with van der Waals surface area (Å²) in [5, 5.41) is 0. The van der Waals surface area contributed by atoms with Crippen LogP contribution in [-0.2, 0) is 23.9 Å². The van der Waals surface area contributed by atoms with Gasteiger partial charge >= 0.3 is 11.9 Å². The molecule has 30 heavy (non-hydrogen) atoms. The third-order valence-electron chi connectivity index (χ3n) is 4.58. The van der Waals surface area contributed by atoms with Gasteiger partial charge in [-0.05, 0) is 42.8 Å². The predicted octanol–water partition coefficient (Wildman–Crippen LogP) is 3.12. The van der Waals surface area contributed by atoms with E-state index in [1.807, 2.05) is 18.2 Å². The molecular formula is C23H21NO6. The van der Waals surface area contributed by atoms with E-state index in [2.05, 4.69) is 4.74 Å². The summed E-state index contributed by atoms with van der Waals surface area (Å²) in [6.45, 7) is 1.51. The largest absolute Gasteiger partial charge is 0.482 e. The molecule has 0 unspecified atom stereocenters. The van der Waals surface area contributed by atoms with Gasteiger partial charge in [-0.2, -0.15) is 0 Å². The third-order valence-corrected chi connectivity index (χ3v) is 4.58. The van der Waals surface area contributed by atoms with Crippen molar-refractivity contribution in [2.24, 2.45) is 0 Å². The average Bonchev–Trinajstić information content (AvgIpc) is 3.02. The van der Waals surface area contributed by atoms with Crippen LogP contribution >= 0.6 is 0 Å². The molecule has 0 spiro atoms. The number of anilines is 1. The molecule has 0 fully saturated rings. The first kappa shape index (κ1) is 20.9. The highest BCUT2D eigenvalue weighted by Gasteiger charge is 2.37. The first-order valence-electron chi connectivity index (χ1n) is 9.16. The number of carbonyl (C=O) groups excluding carboxylic acids is 3. The Morgan fingerprint density at radius 3 is 2.23 bits per heavy atom. The summed E-state index contributed by atoms with van der Waals surface area (Å²) < 4.78 is 14.8. The normalized spacial score (nSPS) is 14.8. The zero-order valence-electron chi connectivity index (χ0n) is 16.9. The van der Waals surface area contributed by atoms with Gasteiger partial charge in [-0.3, -0.25) is 9.69 Å². The monoisotopic (exact) mass is 407 g/mol. The van der Waals surface area contributed by atoms with Crippen LogP contribution < -0.4 is 9.64 Å². The van der Waals surface area contributed by atoms with Crippen molar-refractivity contribution >= 4 is 29.6 Å². The van der Waals surface area contributed by atoms with Crippen molar-refractivity contribution in [3.8, 4) is 5.75 Å². The first-order valence-corrected chi connectivity index (χ1v) is 9.16. The van der Waals surface area contributed by atoms with Crippen molar-refractivity contribution in [3.63, 3.8) is 0 Å². The smallest absolute Gasteiger partial charge is 0.343 e. The lowest BCUT2D eigenvalue weighted by Gasteiger charge is -2.17. The van der Waals surface area contributed by atoms with E-state index in [0.717, 1.165) is 0 Å². The minimum Gasteiger partial charge on any atom is -0.482 e. The molecule has 0 aliphatic carbocycles. The number of ether oxygens (including phenoxy) is 3. The second kappa shape index (κ2) is 9.09. The number of hydrogen-bond donors (Lipinski definition) is 0. The molecule has 0 N–H and O–H groups in total. The fraction of sp³-hybridized carbons (Fsp3) is 0.174. The number of nitrogens with zero attached hydrogens (tertiary/aromatic N) is 1. The van der Waals surface area contributed by atoms with Gasteiger partial charge in [-0.25, -0.2) is 9.59 Å². The Morgan fingerprint density at radius 1 is 0.967 bits per heavy atom. The minimum atomic E-state index is -0.580. The summed E-state index contributed by atoms with van der Waals surface area (Å²) in [6, 6.07) is 15.9. The molecule has 1 heterocycles. The summed E-state index contributed by atoms with van der Waals surface area (Å²) in [5.74, 6) is -0.901. The molecule has 7 heteroatoms. The van der Waals surface area contributed by atoms with E-state index < -0.39 is 11.9 Å². The highest BCUT2D eigenvalue weighted by Crippen LogP contribution is 2.35. The van der Waals surface area contributed by atoms with E-state index in [4.69, 9.17) is 9.47 Å². The molecule has 0 saturated carbocycles. The SMILES string of the molecule is COC(=O)COc1ccc(/C=C2\C(=O)N(c3ccccc3)C(C)=C2C(=O)OC)cc1. The first-order chi connectivity index (χ1) is 14.5. The highest BCUT2D eigenvalue weighted by atomic mass is 16.6. The molecule has 0 radical (unpaired) electrons. The molecule has 0 bridgehead atoms. The van der Waals surface area contributed by atoms with Crippen molar-refractivity contribution < 1.29 is 28.6 Å². The molecule has 0 aromatic heterocycles. The summed E-state index contributed by atoms with van der Waals surface area (Å²) in [4.78, 5) is 38.2. The summed E-state index contributed by atoms with van der Waals surface area (Å²) in [6.07, 6.45) is 1.63. The van der Waals surface area contributed by atoms with E-state index in [9.17, 15) is 14.4 Å². The van der Waals surface area contributed by atoms with E-state index in [1.54, 1.807) is 49.4 Å². The van der Waals surface area contributed by atoms with Crippen molar-refractivity contribution in [2.45, 2.75) is 6.92 Å². The van der Waals surface area contributed by atoms with Crippen molar-refractivity contribution in [3.05, 3.63) is 77.0 Å². The van der Waals surface area contributed by atoms with Crippen LogP contribution in [0.5, 0.6) is 5.75 Å². The topological polar surface area (TPSA) is 82.1 Å². The Bertz CT molecular complexity index is 1020. The van der Waals surface area contributed by atoms with Crippen molar-refractivity contribution in [1.82, 2.24) is 0 Å². The lowest BCUT2D eigenvalue weighted by molar-refractivity contribution is -0.143. The molecule has 7 nitrogen and oxygen atoms in total. The maximum atomic E-state index is 13.2. The van der Waals surface area contributed by atoms with Crippen LogP contribution in [0.4, 0.5) is 5.69 Å². The summed E-state index contributed by atoms with van der Waals surface area (Å²) in [5.41, 5.74) is 2.32. The van der Waals surface area contributed by atoms with Crippen LogP contribution in [0.3, 0.4) is 0 Å². The zero-order chi connectivity index (χ0) is 21.7. The molecule has 1 aliphatic rings. The third kappa shape index (κ3) is 4.25. The van der Waals surface area contributed by atoms with Gasteiger partial charge in [0.25, 0.3) is 5.91 Å². The number of hydrogen-bond acceptors (Lipinski definition) is 6. The van der Waals surface area contributed by atoms with Crippen molar-refractivity contribution in [2.75, 3.05) is 25.7 Å². The van der Waals surface area contributed by atoms with Gasteiger partial charge in [0.05, 0.1) is 25.4 Å². The van der Waals surface area contributed by atoms with E-state index >= 15 is 0 Å². The molecule has 0 saturated heterocycles. The number of amides is 1. The fourth-order valence-electron chi connectivity index (χ4n) is 3.10. The number of esters is 2. The molecule has 2 aromatic rings. The number of methoxy groups -OCH3 is 2. The zero-order valence-corrected chi connectivity index (χ0v) is 16.9. The number of para-hydroxylation sites is 1. The number of allylic oxidation sites excluding steroid dienone is 1. The quantitative estimate of drug-likeness (QED) is 0.541. The van der Waals surface area contributed by atoms with Gasteiger partial charge in [0.1, 0.15) is 5.75 Å². The van der Waals surface area contributed by atoms with E-state index in [0.29, 0.717) is 22.7 Å². The van der Waals surface area contributed by atoms with Crippen LogP contribution in [-0.4, -0.2) is 38.7 Å². The van der Waals surface area contributed by atoms with Gasteiger partial charge in [0.2, 0.25) is 0 Å². The van der Waals surface area contributed by atoms with Gasteiger partial charge in [0.15, 0.2) is 6.61 Å². The molecular weight excluding hydrogens is 386 g/mol. The Morgan fingerprint density at radius 2 is 1.63 bits per heavy atom. The second-order valence-electron chi connectivity index (χ2n) is 6.42. The van der Waals surface area contributed by atoms with Crippen LogP contribution in [0.2, 0.25) is 0 Å². The number of rotatable bonds is 6. The lowest BCUT2D eigenvalue weighted by Crippen LogP contribution is -2.24. The number of benzene rings is 2. The van der Waals surface area contributed by atoms with E-state index in [-0.39, 0.29) is 23.7 Å². The van der Waals surface area contributed by atoms with E-state index in [1.165, 1.54) is 19.1 Å². The molecule has 0 atom stereocenters. The maximum absolute atomic E-state index is 13.2. The average molecular weight is 407 g/mol. The van der Waals surface area contributed by atoms with Crippen LogP contribution in [0.25, 0.3) is 6.08 Å². The second-order valence-corrected chi connectivity index (χ2v) is 6.42. The van der Waals surface area contributed by atoms with Crippen LogP contribution in [0.1, 0.15) is 12.5 Å². The van der Waals surface area contributed by atoms with Crippen LogP contribution in [0, 0.1) is 0 Å². The Hall–Kier alpha value is -3.87.